The van der Waals surface area contributed by atoms with Gasteiger partial charge in [-0.2, -0.15) is 0 Å². The second-order valence-corrected chi connectivity index (χ2v) is 7.11. The van der Waals surface area contributed by atoms with Gasteiger partial charge in [0.2, 0.25) is 0 Å². The highest BCUT2D eigenvalue weighted by atomic mass is 32.2. The number of nitrogens with one attached hydrogen (secondary N) is 1. The predicted octanol–water partition coefficient (Wildman–Crippen LogP) is 2.17. The van der Waals surface area contributed by atoms with Crippen LogP contribution in [-0.2, 0) is 10.8 Å². The first-order chi connectivity index (χ1) is 6.29. The van der Waals surface area contributed by atoms with Gasteiger partial charge in [-0.25, -0.2) is 0 Å². The fraction of sp³-hybridized carbons (Fsp3) is 1.00. The quantitative estimate of drug-likeness (QED) is 0.768. The Labute approximate surface area is 91.3 Å². The zero-order valence-corrected chi connectivity index (χ0v) is 11.2. The summed E-state index contributed by atoms with van der Waals surface area (Å²) >= 11 is 0. The van der Waals surface area contributed by atoms with Crippen LogP contribution in [0.15, 0.2) is 0 Å². The molecule has 0 aliphatic carbocycles. The molecule has 0 amide bonds. The summed E-state index contributed by atoms with van der Waals surface area (Å²) in [5.74, 6) is 0.759. The maximum absolute atomic E-state index is 11.7. The Balaban J connectivity index is 4.31. The van der Waals surface area contributed by atoms with Gasteiger partial charge in [-0.05, 0) is 12.0 Å². The van der Waals surface area contributed by atoms with Gasteiger partial charge in [-0.15, -0.1) is 0 Å². The summed E-state index contributed by atoms with van der Waals surface area (Å²) in [6.45, 7) is 13.6. The molecule has 0 spiro atoms. The SMILES string of the molecule is CCNC(CS(=O)C(C)C)C(C)(C)C. The van der Waals surface area contributed by atoms with Crippen LogP contribution in [0.4, 0.5) is 0 Å². The molecule has 2 nitrogen and oxygen atoms in total. The third-order valence-corrected chi connectivity index (χ3v) is 4.07. The summed E-state index contributed by atoms with van der Waals surface area (Å²) in [4.78, 5) is 0. The highest BCUT2D eigenvalue weighted by Crippen LogP contribution is 2.20. The van der Waals surface area contributed by atoms with Crippen LogP contribution in [0.2, 0.25) is 0 Å². The highest BCUT2D eigenvalue weighted by Gasteiger charge is 2.26. The molecule has 2 atom stereocenters. The molecule has 0 aliphatic heterocycles. The van der Waals surface area contributed by atoms with E-state index in [0.29, 0.717) is 6.04 Å². The van der Waals surface area contributed by atoms with Gasteiger partial charge in [-0.3, -0.25) is 4.21 Å². The van der Waals surface area contributed by atoms with E-state index in [-0.39, 0.29) is 10.7 Å². The molecule has 14 heavy (non-hydrogen) atoms. The van der Waals surface area contributed by atoms with E-state index in [1.54, 1.807) is 0 Å². The first kappa shape index (κ1) is 14.1. The minimum absolute atomic E-state index is 0.181. The molecule has 3 heteroatoms. The van der Waals surface area contributed by atoms with E-state index in [1.807, 2.05) is 13.8 Å². The van der Waals surface area contributed by atoms with Crippen molar-refractivity contribution in [2.24, 2.45) is 5.41 Å². The third-order valence-electron chi connectivity index (χ3n) is 2.35. The molecule has 0 bridgehead atoms. The van der Waals surface area contributed by atoms with E-state index in [9.17, 15) is 4.21 Å². The van der Waals surface area contributed by atoms with Crippen LogP contribution in [0, 0.1) is 5.41 Å². The molecule has 0 saturated carbocycles. The van der Waals surface area contributed by atoms with E-state index >= 15 is 0 Å². The minimum atomic E-state index is -0.712. The summed E-state index contributed by atoms with van der Waals surface area (Å²) in [5.41, 5.74) is 0.181. The van der Waals surface area contributed by atoms with Crippen molar-refractivity contribution in [3.63, 3.8) is 0 Å². The van der Waals surface area contributed by atoms with Crippen LogP contribution < -0.4 is 5.32 Å². The second kappa shape index (κ2) is 5.86. The molecule has 0 aliphatic rings. The van der Waals surface area contributed by atoms with Gasteiger partial charge >= 0.3 is 0 Å². The number of hydrogen-bond acceptors (Lipinski definition) is 2. The maximum Gasteiger partial charge on any atom is 0.0396 e. The zero-order chi connectivity index (χ0) is 11.4. The Bertz CT molecular complexity index is 184. The summed E-state index contributed by atoms with van der Waals surface area (Å²) < 4.78 is 11.7. The third kappa shape index (κ3) is 5.11. The standard InChI is InChI=1S/C11H25NOS/c1-7-12-10(11(4,5)6)8-14(13)9(2)3/h9-10,12H,7-8H2,1-6H3. The van der Waals surface area contributed by atoms with Gasteiger partial charge in [0.1, 0.15) is 0 Å². The van der Waals surface area contributed by atoms with E-state index in [1.165, 1.54) is 0 Å². The van der Waals surface area contributed by atoms with Crippen molar-refractivity contribution in [2.75, 3.05) is 12.3 Å². The fourth-order valence-electron chi connectivity index (χ4n) is 1.22. The van der Waals surface area contributed by atoms with E-state index in [0.717, 1.165) is 12.3 Å². The minimum Gasteiger partial charge on any atom is -0.313 e. The average molecular weight is 219 g/mol. The number of rotatable bonds is 5. The Morgan fingerprint density at radius 2 is 1.79 bits per heavy atom. The van der Waals surface area contributed by atoms with Crippen molar-refractivity contribution < 1.29 is 4.21 Å². The van der Waals surface area contributed by atoms with Crippen LogP contribution in [0.3, 0.4) is 0 Å². The van der Waals surface area contributed by atoms with Gasteiger partial charge in [0.25, 0.3) is 0 Å². The van der Waals surface area contributed by atoms with Crippen LogP contribution >= 0.6 is 0 Å². The van der Waals surface area contributed by atoms with Crippen LogP contribution in [0.1, 0.15) is 41.5 Å². The van der Waals surface area contributed by atoms with Gasteiger partial charge in [-0.1, -0.05) is 41.5 Å². The molecule has 0 radical (unpaired) electrons. The molecule has 0 saturated heterocycles. The molecule has 0 fully saturated rings. The lowest BCUT2D eigenvalue weighted by Crippen LogP contribution is -2.44. The first-order valence-corrected chi connectivity index (χ1v) is 6.77. The monoisotopic (exact) mass is 219 g/mol. The van der Waals surface area contributed by atoms with Crippen LogP contribution in [0.5, 0.6) is 0 Å². The average Bonchev–Trinajstić information content (AvgIpc) is 2.01. The molecule has 0 aromatic carbocycles. The predicted molar refractivity (Wildman–Crippen MR) is 65.1 cm³/mol. The summed E-state index contributed by atoms with van der Waals surface area (Å²) in [7, 11) is -0.712. The zero-order valence-electron chi connectivity index (χ0n) is 10.4. The first-order valence-electron chi connectivity index (χ1n) is 5.39. The van der Waals surface area contributed by atoms with Crippen molar-refractivity contribution in [1.82, 2.24) is 5.32 Å². The van der Waals surface area contributed by atoms with Gasteiger partial charge in [0.15, 0.2) is 0 Å². The van der Waals surface area contributed by atoms with Crippen LogP contribution in [-0.4, -0.2) is 27.8 Å². The van der Waals surface area contributed by atoms with E-state index in [4.69, 9.17) is 0 Å². The van der Waals surface area contributed by atoms with Crippen molar-refractivity contribution in [2.45, 2.75) is 52.8 Å². The summed E-state index contributed by atoms with van der Waals surface area (Å²) in [5, 5.41) is 3.68. The highest BCUT2D eigenvalue weighted by molar-refractivity contribution is 7.85. The molecule has 1 N–H and O–H groups in total. The maximum atomic E-state index is 11.7. The van der Waals surface area contributed by atoms with Gasteiger partial charge < -0.3 is 5.32 Å². The lowest BCUT2D eigenvalue weighted by Gasteiger charge is -2.31. The van der Waals surface area contributed by atoms with Gasteiger partial charge in [0, 0.05) is 27.8 Å². The molecular formula is C11H25NOS. The Kier molecular flexibility index (Phi) is 5.91. The molecule has 0 aromatic heterocycles. The molecule has 0 heterocycles. The van der Waals surface area contributed by atoms with E-state index in [2.05, 4.69) is 33.0 Å². The lowest BCUT2D eigenvalue weighted by atomic mass is 9.88. The fourth-order valence-corrected chi connectivity index (χ4v) is 2.55. The smallest absolute Gasteiger partial charge is 0.0396 e. The molecule has 0 rings (SSSR count). The summed E-state index contributed by atoms with van der Waals surface area (Å²) in [6.07, 6.45) is 0. The topological polar surface area (TPSA) is 29.1 Å². The molecule has 2 unspecified atom stereocenters. The van der Waals surface area contributed by atoms with Crippen molar-refractivity contribution >= 4 is 10.8 Å². The van der Waals surface area contributed by atoms with E-state index < -0.39 is 10.8 Å². The van der Waals surface area contributed by atoms with Gasteiger partial charge in [0.05, 0.1) is 0 Å². The normalized spacial score (nSPS) is 17.1. The number of hydrogen-bond donors (Lipinski definition) is 1. The Morgan fingerprint density at radius 3 is 2.07 bits per heavy atom. The van der Waals surface area contributed by atoms with Crippen molar-refractivity contribution in [3.8, 4) is 0 Å². The molecular weight excluding hydrogens is 194 g/mol. The van der Waals surface area contributed by atoms with Crippen molar-refractivity contribution in [1.29, 1.82) is 0 Å². The largest absolute Gasteiger partial charge is 0.313 e. The Morgan fingerprint density at radius 1 is 1.29 bits per heavy atom. The summed E-state index contributed by atoms with van der Waals surface area (Å²) in [6, 6.07) is 0.343. The second-order valence-electron chi connectivity index (χ2n) is 5.07. The Hall–Kier alpha value is 0.110. The van der Waals surface area contributed by atoms with Crippen LogP contribution in [0.25, 0.3) is 0 Å². The molecule has 86 valence electrons. The molecule has 0 aromatic rings. The van der Waals surface area contributed by atoms with Crippen molar-refractivity contribution in [3.05, 3.63) is 0 Å². The lowest BCUT2D eigenvalue weighted by molar-refractivity contribution is 0.294.